The van der Waals surface area contributed by atoms with Gasteiger partial charge in [-0.05, 0) is 54.4 Å². The van der Waals surface area contributed by atoms with Crippen LogP contribution in [0, 0.1) is 6.92 Å². The number of thiophene rings is 2. The highest BCUT2D eigenvalue weighted by Crippen LogP contribution is 2.42. The summed E-state index contributed by atoms with van der Waals surface area (Å²) in [5.41, 5.74) is 6.25. The van der Waals surface area contributed by atoms with Crippen LogP contribution in [0.5, 0.6) is 0 Å². The summed E-state index contributed by atoms with van der Waals surface area (Å²) in [5.74, 6) is 0. The Morgan fingerprint density at radius 1 is 0.556 bits per heavy atom. The van der Waals surface area contributed by atoms with Gasteiger partial charge in [-0.25, -0.2) is 0 Å². The third-order valence-electron chi connectivity index (χ3n) is 5.99. The van der Waals surface area contributed by atoms with Crippen LogP contribution in [0.4, 0.5) is 13.2 Å². The molecule has 0 spiro atoms. The molecule has 36 heavy (non-hydrogen) atoms. The zero-order chi connectivity index (χ0) is 24.9. The predicted octanol–water partition coefficient (Wildman–Crippen LogP) is 9.81. The smallest absolute Gasteiger partial charge is 0.172 e. The molecule has 0 bridgehead atoms. The molecule has 0 aliphatic heterocycles. The zero-order valence-electron chi connectivity index (χ0n) is 18.8. The molecule has 0 amide bonds. The second-order valence-electron chi connectivity index (χ2n) is 8.39. The van der Waals surface area contributed by atoms with Crippen molar-refractivity contribution >= 4 is 45.4 Å². The van der Waals surface area contributed by atoms with Gasteiger partial charge >= 0.3 is 6.18 Å². The van der Waals surface area contributed by atoms with Gasteiger partial charge in [-0.2, -0.15) is 21.9 Å². The van der Waals surface area contributed by atoms with Gasteiger partial charge in [0.1, 0.15) is 11.0 Å². The monoisotopic (exact) mass is 534 g/mol. The zero-order valence-corrected chi connectivity index (χ0v) is 21.3. The molecule has 0 saturated heterocycles. The molecule has 0 radical (unpaired) electrons. The summed E-state index contributed by atoms with van der Waals surface area (Å²) in [6, 6.07) is 26.1. The first kappa shape index (κ1) is 23.1. The van der Waals surface area contributed by atoms with Crippen LogP contribution in [0.3, 0.4) is 0 Å². The maximum absolute atomic E-state index is 12.9. The van der Waals surface area contributed by atoms with Crippen molar-refractivity contribution in [2.75, 3.05) is 0 Å². The minimum absolute atomic E-state index is 0.645. The number of alkyl halides is 3. The molecule has 2 nitrogen and oxygen atoms in total. The fourth-order valence-electron chi connectivity index (χ4n) is 4.08. The molecule has 3 aromatic heterocycles. The maximum Gasteiger partial charge on any atom is 0.416 e. The molecule has 0 aliphatic rings. The van der Waals surface area contributed by atoms with Crippen LogP contribution in [0.15, 0.2) is 84.9 Å². The highest BCUT2D eigenvalue weighted by molar-refractivity contribution is 7.19. The Balaban J connectivity index is 1.34. The lowest BCUT2D eigenvalue weighted by atomic mass is 10.1. The average molecular weight is 535 g/mol. The summed E-state index contributed by atoms with van der Waals surface area (Å²) >= 11 is 4.45. The Hall–Kier alpha value is -3.33. The van der Waals surface area contributed by atoms with Gasteiger partial charge in [0.05, 0.1) is 17.3 Å². The van der Waals surface area contributed by atoms with Crippen molar-refractivity contribution in [3.63, 3.8) is 0 Å². The molecule has 0 unspecified atom stereocenters. The van der Waals surface area contributed by atoms with E-state index >= 15 is 0 Å². The molecular weight excluding hydrogens is 518 g/mol. The molecule has 8 heteroatoms. The van der Waals surface area contributed by atoms with E-state index < -0.39 is 11.7 Å². The molecule has 6 rings (SSSR count). The van der Waals surface area contributed by atoms with E-state index in [1.165, 1.54) is 51.2 Å². The number of fused-ring (bicyclic) bond motifs is 1. The first-order valence-electron chi connectivity index (χ1n) is 11.1. The number of benzene rings is 3. The number of halogens is 3. The molecule has 178 valence electrons. The summed E-state index contributed by atoms with van der Waals surface area (Å²) in [7, 11) is 0. The first-order valence-corrected chi connectivity index (χ1v) is 13.4. The van der Waals surface area contributed by atoms with Crippen LogP contribution in [-0.4, -0.2) is 8.75 Å². The molecule has 0 atom stereocenters. The van der Waals surface area contributed by atoms with Crippen LogP contribution >= 0.6 is 34.4 Å². The topological polar surface area (TPSA) is 25.8 Å². The molecule has 0 N–H and O–H groups in total. The minimum atomic E-state index is -4.34. The van der Waals surface area contributed by atoms with E-state index in [0.717, 1.165) is 54.5 Å². The summed E-state index contributed by atoms with van der Waals surface area (Å²) in [5, 5.41) is 0. The summed E-state index contributed by atoms with van der Waals surface area (Å²) in [4.78, 5) is 4.23. The van der Waals surface area contributed by atoms with Crippen LogP contribution in [0.2, 0.25) is 0 Å². The van der Waals surface area contributed by atoms with E-state index in [-0.39, 0.29) is 0 Å². The first-order chi connectivity index (χ1) is 17.4. The molecular formula is C28H17F3N2S3. The van der Waals surface area contributed by atoms with E-state index in [1.807, 2.05) is 12.1 Å². The van der Waals surface area contributed by atoms with Crippen LogP contribution < -0.4 is 0 Å². The second-order valence-corrected chi connectivity index (χ2v) is 11.1. The number of nitrogens with zero attached hydrogens (tertiary/aromatic N) is 2. The number of aromatic nitrogens is 2. The maximum atomic E-state index is 12.9. The lowest BCUT2D eigenvalue weighted by Crippen LogP contribution is -2.03. The van der Waals surface area contributed by atoms with Gasteiger partial charge in [0.15, 0.2) is 0 Å². The van der Waals surface area contributed by atoms with Crippen molar-refractivity contribution in [3.8, 4) is 41.8 Å². The summed E-state index contributed by atoms with van der Waals surface area (Å²) in [6.07, 6.45) is -4.34. The largest absolute Gasteiger partial charge is 0.416 e. The van der Waals surface area contributed by atoms with E-state index in [9.17, 15) is 13.2 Å². The van der Waals surface area contributed by atoms with Crippen molar-refractivity contribution < 1.29 is 13.2 Å². The van der Waals surface area contributed by atoms with Crippen molar-refractivity contribution in [3.05, 3.63) is 96.1 Å². The van der Waals surface area contributed by atoms with Gasteiger partial charge in [-0.3, -0.25) is 0 Å². The Morgan fingerprint density at radius 2 is 1.00 bits per heavy atom. The van der Waals surface area contributed by atoms with Gasteiger partial charge in [0.25, 0.3) is 0 Å². The van der Waals surface area contributed by atoms with Crippen LogP contribution in [-0.2, 0) is 6.18 Å². The molecule has 3 aromatic carbocycles. The number of rotatable bonds is 4. The van der Waals surface area contributed by atoms with Crippen LogP contribution in [0.1, 0.15) is 11.1 Å². The average Bonchev–Trinajstić information content (AvgIpc) is 3.64. The normalized spacial score (nSPS) is 11.9. The Morgan fingerprint density at radius 3 is 1.47 bits per heavy atom. The van der Waals surface area contributed by atoms with Gasteiger partial charge in [0.2, 0.25) is 0 Å². The second kappa shape index (κ2) is 8.96. The van der Waals surface area contributed by atoms with Crippen molar-refractivity contribution in [2.24, 2.45) is 0 Å². The highest BCUT2D eigenvalue weighted by Gasteiger charge is 2.30. The van der Waals surface area contributed by atoms with E-state index in [1.54, 1.807) is 11.3 Å². The lowest BCUT2D eigenvalue weighted by molar-refractivity contribution is -0.137. The number of hydrogen-bond donors (Lipinski definition) is 0. The Kier molecular flexibility index (Phi) is 5.75. The molecule has 0 saturated carbocycles. The van der Waals surface area contributed by atoms with Crippen molar-refractivity contribution in [2.45, 2.75) is 13.1 Å². The third-order valence-corrected chi connectivity index (χ3v) is 8.85. The highest BCUT2D eigenvalue weighted by atomic mass is 32.1. The number of hydrogen-bond acceptors (Lipinski definition) is 5. The van der Waals surface area contributed by atoms with E-state index in [0.29, 0.717) is 0 Å². The van der Waals surface area contributed by atoms with Gasteiger partial charge < -0.3 is 0 Å². The lowest BCUT2D eigenvalue weighted by Gasteiger charge is -2.06. The van der Waals surface area contributed by atoms with E-state index in [2.05, 4.69) is 64.2 Å². The van der Waals surface area contributed by atoms with Crippen molar-refractivity contribution in [1.82, 2.24) is 8.75 Å². The molecule has 0 fully saturated rings. The standard InChI is InChI=1S/C28H17F3N2S3/c1-16-2-4-17(5-3-16)22-12-14-24(34-22)20-10-11-21(27-26(20)32-36-33-27)25-15-13-23(35-25)18-6-8-19(9-7-18)28(29,30)31/h2-15H,1H3. The predicted molar refractivity (Wildman–Crippen MR) is 145 cm³/mol. The van der Waals surface area contributed by atoms with Gasteiger partial charge in [-0.1, -0.05) is 54.1 Å². The molecule has 6 aromatic rings. The summed E-state index contributed by atoms with van der Waals surface area (Å²) in [6.45, 7) is 2.08. The Labute approximate surface area is 217 Å². The quantitative estimate of drug-likeness (QED) is 0.225. The Bertz CT molecular complexity index is 1670. The van der Waals surface area contributed by atoms with Gasteiger partial charge in [0, 0.05) is 30.6 Å². The fourth-order valence-corrected chi connectivity index (χ4v) is 6.73. The fraction of sp³-hybridized carbons (Fsp3) is 0.0714. The van der Waals surface area contributed by atoms with E-state index in [4.69, 9.17) is 0 Å². The molecule has 0 aliphatic carbocycles. The minimum Gasteiger partial charge on any atom is -0.172 e. The SMILES string of the molecule is Cc1ccc(-c2ccc(-c3ccc(-c4ccc(-c5ccc(C(F)(F)F)cc5)s4)c4nsnc34)s2)cc1. The molecule has 3 heterocycles. The number of aryl methyl sites for hydroxylation is 1. The summed E-state index contributed by atoms with van der Waals surface area (Å²) < 4.78 is 47.9. The van der Waals surface area contributed by atoms with Gasteiger partial charge in [-0.15, -0.1) is 22.7 Å². The van der Waals surface area contributed by atoms with Crippen molar-refractivity contribution in [1.29, 1.82) is 0 Å². The third kappa shape index (κ3) is 4.25. The van der Waals surface area contributed by atoms with Crippen LogP contribution in [0.25, 0.3) is 52.8 Å².